The van der Waals surface area contributed by atoms with Crippen molar-refractivity contribution in [2.24, 2.45) is 0 Å². The number of carbonyl (C=O) groups is 2. The minimum Gasteiger partial charge on any atom is -0.462 e. The highest BCUT2D eigenvalue weighted by Crippen LogP contribution is 2.43. The molecule has 0 saturated heterocycles. The van der Waals surface area contributed by atoms with E-state index in [2.05, 4.69) is 123 Å². The largest absolute Gasteiger partial charge is 0.472 e. The Bertz CT molecular complexity index is 1960. The number of hydrogen-bond acceptors (Lipinski definition) is 7. The van der Waals surface area contributed by atoms with E-state index in [1.165, 1.54) is 231 Å². The van der Waals surface area contributed by atoms with Gasteiger partial charge in [0.15, 0.2) is 6.10 Å². The first-order valence-corrected chi connectivity index (χ1v) is 41.1. The van der Waals surface area contributed by atoms with Crippen LogP contribution in [0.1, 0.15) is 361 Å². The van der Waals surface area contributed by atoms with Crippen molar-refractivity contribution in [2.45, 2.75) is 367 Å². The highest BCUT2D eigenvalue weighted by molar-refractivity contribution is 7.47. The third-order valence-electron chi connectivity index (χ3n) is 17.3. The van der Waals surface area contributed by atoms with Gasteiger partial charge in [-0.05, 0) is 83.5 Å². The number of ether oxygens (including phenoxy) is 2. The molecule has 0 amide bonds. The second-order valence-electron chi connectivity index (χ2n) is 27.7. The van der Waals surface area contributed by atoms with Gasteiger partial charge in [0.2, 0.25) is 0 Å². The average molecular weight is 1330 g/mol. The maximum Gasteiger partial charge on any atom is 0.472 e. The number of esters is 2. The maximum atomic E-state index is 12.9. The van der Waals surface area contributed by atoms with Crippen molar-refractivity contribution >= 4 is 19.8 Å². The minimum atomic E-state index is -4.40. The molecule has 0 aromatic heterocycles. The van der Waals surface area contributed by atoms with Gasteiger partial charge < -0.3 is 18.9 Å². The highest BCUT2D eigenvalue weighted by Gasteiger charge is 2.27. The summed E-state index contributed by atoms with van der Waals surface area (Å²) in [6.45, 7) is 4.37. The van der Waals surface area contributed by atoms with Gasteiger partial charge in [-0.3, -0.25) is 18.6 Å². The Morgan fingerprint density at radius 2 is 0.606 bits per heavy atom. The fraction of sp³-hybridized carbons (Fsp3) is 0.762. The van der Waals surface area contributed by atoms with Crippen molar-refractivity contribution in [3.8, 4) is 0 Å². The zero-order valence-electron chi connectivity index (χ0n) is 62.2. The molecule has 0 rings (SSSR count). The van der Waals surface area contributed by atoms with Gasteiger partial charge >= 0.3 is 19.8 Å². The Morgan fingerprint density at radius 3 is 0.904 bits per heavy atom. The molecule has 0 aliphatic rings. The Hall–Kier alpha value is -3.33. The fourth-order valence-electron chi connectivity index (χ4n) is 11.3. The van der Waals surface area contributed by atoms with Gasteiger partial charge in [-0.1, -0.05) is 374 Å². The van der Waals surface area contributed by atoms with Crippen molar-refractivity contribution in [1.82, 2.24) is 0 Å². The number of quaternary nitrogens is 1. The van der Waals surface area contributed by atoms with Crippen LogP contribution in [0.2, 0.25) is 0 Å². The average Bonchev–Trinajstić information content (AvgIpc) is 1.57. The molecule has 1 N–H and O–H groups in total. The smallest absolute Gasteiger partial charge is 0.462 e. The molecule has 0 spiro atoms. The third kappa shape index (κ3) is 77.7. The van der Waals surface area contributed by atoms with E-state index in [1.54, 1.807) is 0 Å². The van der Waals surface area contributed by atoms with Gasteiger partial charge in [0.1, 0.15) is 19.8 Å². The molecule has 2 unspecified atom stereocenters. The van der Waals surface area contributed by atoms with Crippen LogP contribution in [0.4, 0.5) is 0 Å². The van der Waals surface area contributed by atoms with E-state index in [-0.39, 0.29) is 25.6 Å². The maximum absolute atomic E-state index is 12.9. The van der Waals surface area contributed by atoms with Gasteiger partial charge in [-0.2, -0.15) is 0 Å². The van der Waals surface area contributed by atoms with Crippen molar-refractivity contribution < 1.29 is 42.1 Å². The number of allylic oxidation sites excluding steroid dienone is 18. The summed E-state index contributed by atoms with van der Waals surface area (Å²) >= 11 is 0. The molecule has 0 aromatic carbocycles. The monoisotopic (exact) mass is 1330 g/mol. The molecule has 0 bridgehead atoms. The van der Waals surface area contributed by atoms with Crippen LogP contribution in [0.15, 0.2) is 109 Å². The van der Waals surface area contributed by atoms with Crippen molar-refractivity contribution in [3.05, 3.63) is 109 Å². The van der Waals surface area contributed by atoms with E-state index in [0.717, 1.165) is 96.3 Å². The summed E-state index contributed by atoms with van der Waals surface area (Å²) in [4.78, 5) is 36.0. The normalized spacial score (nSPS) is 13.6. The van der Waals surface area contributed by atoms with Crippen molar-refractivity contribution in [3.63, 3.8) is 0 Å². The summed E-state index contributed by atoms with van der Waals surface area (Å²) < 4.78 is 34.8. The van der Waals surface area contributed by atoms with Crippen LogP contribution in [0.25, 0.3) is 0 Å². The number of nitrogens with zero attached hydrogens (tertiary/aromatic N) is 1. The summed E-state index contributed by atoms with van der Waals surface area (Å²) in [5.74, 6) is -0.785. The number of unbranched alkanes of at least 4 members (excludes halogenated alkanes) is 41. The number of hydrogen-bond donors (Lipinski definition) is 1. The molecule has 94 heavy (non-hydrogen) atoms. The molecule has 9 nitrogen and oxygen atoms in total. The topological polar surface area (TPSA) is 108 Å². The van der Waals surface area contributed by atoms with E-state index >= 15 is 0 Å². The zero-order chi connectivity index (χ0) is 68.3. The summed E-state index contributed by atoms with van der Waals surface area (Å²) in [5, 5.41) is 0. The second kappa shape index (κ2) is 73.9. The molecule has 0 saturated carbocycles. The van der Waals surface area contributed by atoms with Crippen LogP contribution in [0, 0.1) is 0 Å². The molecule has 544 valence electrons. The third-order valence-corrected chi connectivity index (χ3v) is 18.3. The molecule has 0 aromatic rings. The molecular formula is C84H151NO8P+. The Balaban J connectivity index is 3.99. The fourth-order valence-corrected chi connectivity index (χ4v) is 12.0. The number of rotatable bonds is 73. The Morgan fingerprint density at radius 1 is 0.340 bits per heavy atom. The van der Waals surface area contributed by atoms with Crippen LogP contribution >= 0.6 is 7.82 Å². The molecular weight excluding hydrogens is 1180 g/mol. The summed E-state index contributed by atoms with van der Waals surface area (Å²) in [5.41, 5.74) is 0. The summed E-state index contributed by atoms with van der Waals surface area (Å²) in [6.07, 6.45) is 105. The molecule has 0 radical (unpaired) electrons. The lowest BCUT2D eigenvalue weighted by atomic mass is 10.0. The van der Waals surface area contributed by atoms with Gasteiger partial charge in [0.25, 0.3) is 0 Å². The van der Waals surface area contributed by atoms with Crippen molar-refractivity contribution in [2.75, 3.05) is 47.5 Å². The summed E-state index contributed by atoms with van der Waals surface area (Å²) in [7, 11) is 1.48. The zero-order valence-corrected chi connectivity index (χ0v) is 63.1. The predicted molar refractivity (Wildman–Crippen MR) is 408 cm³/mol. The molecule has 0 fully saturated rings. The van der Waals surface area contributed by atoms with Crippen LogP contribution in [-0.4, -0.2) is 74.9 Å². The van der Waals surface area contributed by atoms with E-state index < -0.39 is 26.5 Å². The Labute approximate surface area is 582 Å². The minimum absolute atomic E-state index is 0.0301. The molecule has 2 atom stereocenters. The van der Waals surface area contributed by atoms with E-state index in [1.807, 2.05) is 21.1 Å². The van der Waals surface area contributed by atoms with E-state index in [9.17, 15) is 19.0 Å². The first-order valence-electron chi connectivity index (χ1n) is 39.6. The standard InChI is InChI=1S/C84H150NO8P/c1-6-8-10-12-14-16-18-20-22-24-26-28-30-32-34-36-37-38-39-40-41-42-43-44-45-46-47-49-51-53-55-57-59-61-63-65-67-69-71-73-75-77-84(87)93-82(81-92-94(88,89)91-79-78-85(3,4)5)80-90-83(86)76-74-72-70-68-66-64-62-60-58-56-54-52-50-48-35-33-31-29-27-25-23-21-19-17-15-13-11-9-7-2/h8,10,14,16,20,22,26,28,32,34,37-38,40-41,43-44,46-47,82H,6-7,9,11-13,15,17-19,21,23-25,27,29-31,33,35-36,39,42,45,48-81H2,1-5H3/p+1/b10-8-,16-14-,22-20-,28-26-,34-32-,38-37-,41-40-,44-43-,47-46-. The molecule has 0 aliphatic heterocycles. The molecule has 0 heterocycles. The quantitative estimate of drug-likeness (QED) is 0.0211. The van der Waals surface area contributed by atoms with E-state index in [4.69, 9.17) is 18.5 Å². The lowest BCUT2D eigenvalue weighted by Gasteiger charge is -2.24. The van der Waals surface area contributed by atoms with Gasteiger partial charge in [-0.15, -0.1) is 0 Å². The van der Waals surface area contributed by atoms with Gasteiger partial charge in [0, 0.05) is 12.8 Å². The number of phosphoric ester groups is 1. The van der Waals surface area contributed by atoms with Crippen LogP contribution in [0.5, 0.6) is 0 Å². The van der Waals surface area contributed by atoms with Gasteiger partial charge in [-0.25, -0.2) is 4.57 Å². The predicted octanol–water partition coefficient (Wildman–Crippen LogP) is 26.4. The number of likely N-dealkylation sites (N-methyl/N-ethyl adjacent to an activating group) is 1. The van der Waals surface area contributed by atoms with Crippen LogP contribution in [0.3, 0.4) is 0 Å². The molecule has 0 aliphatic carbocycles. The van der Waals surface area contributed by atoms with Crippen molar-refractivity contribution in [1.29, 1.82) is 0 Å². The SMILES string of the molecule is CC/C=C\C/C=C\C/C=C\C/C=C\C/C=C\C/C=C\C/C=C\C/C=C\C/C=C\CCCCCCCCCCCCCCCC(=O)OC(COC(=O)CCCCCCCCCCCCCCCCCCCCCCCCCCCCCCC)COP(=O)(O)OCC[N+](C)(C)C. The highest BCUT2D eigenvalue weighted by atomic mass is 31.2. The van der Waals surface area contributed by atoms with Gasteiger partial charge in [0.05, 0.1) is 27.7 Å². The summed E-state index contributed by atoms with van der Waals surface area (Å²) in [6, 6.07) is 0. The van der Waals surface area contributed by atoms with Crippen LogP contribution in [-0.2, 0) is 32.7 Å². The number of carbonyl (C=O) groups excluding carboxylic acids is 2. The Kier molecular flexibility index (Phi) is 71.3. The lowest BCUT2D eigenvalue weighted by molar-refractivity contribution is -0.870. The lowest BCUT2D eigenvalue weighted by Crippen LogP contribution is -2.37. The van der Waals surface area contributed by atoms with E-state index in [0.29, 0.717) is 23.9 Å². The number of phosphoric acid groups is 1. The first-order chi connectivity index (χ1) is 46.0. The second-order valence-corrected chi connectivity index (χ2v) is 29.2. The molecule has 10 heteroatoms. The first kappa shape index (κ1) is 90.7. The van der Waals surface area contributed by atoms with Crippen LogP contribution < -0.4 is 0 Å².